The maximum atomic E-state index is 12.7. The molecule has 0 spiro atoms. The molecule has 1 aliphatic heterocycles. The fraction of sp³-hybridized carbons (Fsp3) is 0.294. The minimum absolute atomic E-state index is 0.00370. The van der Waals surface area contributed by atoms with E-state index >= 15 is 0 Å². The van der Waals surface area contributed by atoms with Gasteiger partial charge in [0.1, 0.15) is 11.8 Å². The molecule has 1 aliphatic rings. The molecule has 6 heteroatoms. The topological polar surface area (TPSA) is 83.9 Å². The number of hydrogen-bond donors (Lipinski definition) is 1. The average Bonchev–Trinajstić information content (AvgIpc) is 3.28. The number of Topliss-reactive ketones (excluding diaryl/α,β-unsaturated/α-hetero) is 1. The van der Waals surface area contributed by atoms with Crippen LogP contribution >= 0.6 is 0 Å². The lowest BCUT2D eigenvalue weighted by Crippen LogP contribution is -2.31. The molecule has 0 radical (unpaired) electrons. The zero-order chi connectivity index (χ0) is 16.4. The minimum atomic E-state index is -0.735. The molecule has 0 bridgehead atoms. The summed E-state index contributed by atoms with van der Waals surface area (Å²) < 4.78 is 10.5. The van der Waals surface area contributed by atoms with Crippen LogP contribution < -0.4 is 0 Å². The summed E-state index contributed by atoms with van der Waals surface area (Å²) in [6, 6.07) is 5.72. The highest BCUT2D eigenvalue weighted by molar-refractivity contribution is 6.14. The van der Waals surface area contributed by atoms with Crippen LogP contribution in [0.2, 0.25) is 0 Å². The number of rotatable bonds is 6. The number of aliphatic hydroxyl groups is 1. The van der Waals surface area contributed by atoms with Crippen LogP contribution in [0.15, 0.2) is 57.0 Å². The van der Waals surface area contributed by atoms with Gasteiger partial charge in [-0.3, -0.25) is 9.59 Å². The van der Waals surface area contributed by atoms with E-state index in [0.717, 1.165) is 12.8 Å². The zero-order valence-corrected chi connectivity index (χ0v) is 12.7. The predicted octanol–water partition coefficient (Wildman–Crippen LogP) is 3.25. The van der Waals surface area contributed by atoms with Crippen molar-refractivity contribution in [3.05, 3.63) is 59.6 Å². The molecule has 23 heavy (non-hydrogen) atoms. The van der Waals surface area contributed by atoms with Crippen LogP contribution in [-0.2, 0) is 4.79 Å². The highest BCUT2D eigenvalue weighted by Gasteiger charge is 2.45. The monoisotopic (exact) mass is 315 g/mol. The molecular formula is C17H17NO5. The fourth-order valence-electron chi connectivity index (χ4n) is 2.73. The Kier molecular flexibility index (Phi) is 4.06. The van der Waals surface area contributed by atoms with E-state index in [1.807, 2.05) is 6.92 Å². The smallest absolute Gasteiger partial charge is 0.290 e. The molecule has 0 fully saturated rings. The molecule has 0 aliphatic carbocycles. The van der Waals surface area contributed by atoms with Gasteiger partial charge < -0.3 is 18.8 Å². The lowest BCUT2D eigenvalue weighted by atomic mass is 9.99. The lowest BCUT2D eigenvalue weighted by Gasteiger charge is -2.24. The van der Waals surface area contributed by atoms with Crippen molar-refractivity contribution in [2.45, 2.75) is 25.8 Å². The van der Waals surface area contributed by atoms with E-state index in [2.05, 4.69) is 0 Å². The first-order valence-electron chi connectivity index (χ1n) is 7.50. The third-order valence-corrected chi connectivity index (χ3v) is 3.86. The summed E-state index contributed by atoms with van der Waals surface area (Å²) in [4.78, 5) is 26.5. The van der Waals surface area contributed by atoms with Crippen molar-refractivity contribution >= 4 is 11.7 Å². The van der Waals surface area contributed by atoms with E-state index in [1.165, 1.54) is 23.5 Å². The molecule has 1 N–H and O–H groups in total. The van der Waals surface area contributed by atoms with Crippen LogP contribution in [0.4, 0.5) is 0 Å². The first-order chi connectivity index (χ1) is 11.1. The molecule has 2 aromatic heterocycles. The van der Waals surface area contributed by atoms with Gasteiger partial charge in [-0.05, 0) is 30.7 Å². The molecule has 2 aromatic rings. The fourth-order valence-corrected chi connectivity index (χ4v) is 2.73. The van der Waals surface area contributed by atoms with E-state index in [1.54, 1.807) is 18.2 Å². The zero-order valence-electron chi connectivity index (χ0n) is 12.7. The van der Waals surface area contributed by atoms with Crippen molar-refractivity contribution in [3.63, 3.8) is 0 Å². The highest BCUT2D eigenvalue weighted by atomic mass is 16.3. The standard InChI is InChI=1S/C17H17NO5/c1-2-3-8-18-14(11-6-4-9-22-11)13(16(20)17(18)21)15(19)12-7-5-10-23-12/h4-7,9-10,14,20H,2-3,8H2,1H3. The van der Waals surface area contributed by atoms with Crippen molar-refractivity contribution in [2.24, 2.45) is 0 Å². The van der Waals surface area contributed by atoms with Gasteiger partial charge in [-0.2, -0.15) is 0 Å². The Hall–Kier alpha value is -2.76. The SMILES string of the molecule is CCCCN1C(=O)C(O)=C(C(=O)c2ccco2)C1c1ccco1. The summed E-state index contributed by atoms with van der Waals surface area (Å²) in [5.41, 5.74) is -0.00370. The molecule has 1 amide bonds. The van der Waals surface area contributed by atoms with Gasteiger partial charge in [0, 0.05) is 6.54 Å². The number of ketones is 1. The maximum absolute atomic E-state index is 12.7. The molecule has 0 aromatic carbocycles. The Morgan fingerprint density at radius 3 is 2.61 bits per heavy atom. The maximum Gasteiger partial charge on any atom is 0.290 e. The van der Waals surface area contributed by atoms with Crippen LogP contribution in [0.5, 0.6) is 0 Å². The molecule has 1 atom stereocenters. The summed E-state index contributed by atoms with van der Waals surface area (Å²) in [7, 11) is 0. The number of aliphatic hydroxyl groups excluding tert-OH is 1. The molecule has 1 unspecified atom stereocenters. The number of hydrogen-bond acceptors (Lipinski definition) is 5. The van der Waals surface area contributed by atoms with Crippen molar-refractivity contribution in [3.8, 4) is 0 Å². The summed E-state index contributed by atoms with van der Waals surface area (Å²) in [6.07, 6.45) is 4.50. The molecule has 3 heterocycles. The molecule has 3 rings (SSSR count). The Bertz CT molecular complexity index is 727. The highest BCUT2D eigenvalue weighted by Crippen LogP contribution is 2.39. The molecular weight excluding hydrogens is 298 g/mol. The first-order valence-corrected chi connectivity index (χ1v) is 7.50. The van der Waals surface area contributed by atoms with Gasteiger partial charge in [-0.15, -0.1) is 0 Å². The van der Waals surface area contributed by atoms with Gasteiger partial charge >= 0.3 is 0 Å². The van der Waals surface area contributed by atoms with Gasteiger partial charge in [0.15, 0.2) is 11.5 Å². The van der Waals surface area contributed by atoms with Crippen molar-refractivity contribution in [1.82, 2.24) is 4.90 Å². The normalized spacial score (nSPS) is 18.0. The number of furan rings is 2. The summed E-state index contributed by atoms with van der Waals surface area (Å²) in [5.74, 6) is -1.10. The third-order valence-electron chi connectivity index (χ3n) is 3.86. The van der Waals surface area contributed by atoms with Gasteiger partial charge in [-0.25, -0.2) is 0 Å². The molecule has 120 valence electrons. The second kappa shape index (κ2) is 6.16. The van der Waals surface area contributed by atoms with E-state index in [9.17, 15) is 14.7 Å². The van der Waals surface area contributed by atoms with E-state index in [-0.39, 0.29) is 11.3 Å². The summed E-state index contributed by atoms with van der Waals surface area (Å²) >= 11 is 0. The van der Waals surface area contributed by atoms with Gasteiger partial charge in [0.2, 0.25) is 5.78 Å². The lowest BCUT2D eigenvalue weighted by molar-refractivity contribution is -0.129. The van der Waals surface area contributed by atoms with E-state index in [4.69, 9.17) is 8.83 Å². The average molecular weight is 315 g/mol. The number of carbonyl (C=O) groups excluding carboxylic acids is 2. The third kappa shape index (κ3) is 2.56. The molecule has 0 saturated heterocycles. The largest absolute Gasteiger partial charge is 0.503 e. The Balaban J connectivity index is 2.03. The summed E-state index contributed by atoms with van der Waals surface area (Å²) in [6.45, 7) is 2.43. The van der Waals surface area contributed by atoms with Gasteiger partial charge in [0.25, 0.3) is 5.91 Å². The van der Waals surface area contributed by atoms with Gasteiger partial charge in [-0.1, -0.05) is 13.3 Å². The Labute approximate surface area is 133 Å². The van der Waals surface area contributed by atoms with Crippen LogP contribution in [0.3, 0.4) is 0 Å². The van der Waals surface area contributed by atoms with Crippen LogP contribution in [0, 0.1) is 0 Å². The van der Waals surface area contributed by atoms with Crippen molar-refractivity contribution < 1.29 is 23.5 Å². The van der Waals surface area contributed by atoms with Gasteiger partial charge in [0.05, 0.1) is 18.1 Å². The van der Waals surface area contributed by atoms with Crippen LogP contribution in [0.1, 0.15) is 42.1 Å². The molecule has 0 saturated carbocycles. The van der Waals surface area contributed by atoms with E-state index in [0.29, 0.717) is 12.3 Å². The minimum Gasteiger partial charge on any atom is -0.503 e. The number of unbranched alkanes of at least 4 members (excludes halogenated alkanes) is 1. The first kappa shape index (κ1) is 15.1. The Morgan fingerprint density at radius 2 is 2.00 bits per heavy atom. The summed E-state index contributed by atoms with van der Waals surface area (Å²) in [5, 5.41) is 10.2. The van der Waals surface area contributed by atoms with Crippen molar-refractivity contribution in [1.29, 1.82) is 0 Å². The molecule has 6 nitrogen and oxygen atoms in total. The quantitative estimate of drug-likeness (QED) is 0.827. The van der Waals surface area contributed by atoms with E-state index < -0.39 is 23.5 Å². The number of nitrogens with zero attached hydrogens (tertiary/aromatic N) is 1. The second-order valence-corrected chi connectivity index (χ2v) is 5.34. The van der Waals surface area contributed by atoms with Crippen molar-refractivity contribution in [2.75, 3.05) is 6.54 Å². The van der Waals surface area contributed by atoms with Crippen LogP contribution in [0.25, 0.3) is 0 Å². The predicted molar refractivity (Wildman–Crippen MR) is 80.8 cm³/mol. The Morgan fingerprint density at radius 1 is 1.26 bits per heavy atom. The second-order valence-electron chi connectivity index (χ2n) is 5.34. The number of carbonyl (C=O) groups is 2. The number of amides is 1. The van der Waals surface area contributed by atoms with Crippen LogP contribution in [-0.4, -0.2) is 28.2 Å².